The second-order valence-electron chi connectivity index (χ2n) is 11.0. The van der Waals surface area contributed by atoms with E-state index in [0.717, 1.165) is 12.8 Å². The van der Waals surface area contributed by atoms with Gasteiger partial charge in [0.15, 0.2) is 0 Å². The Kier molecular flexibility index (Phi) is 11.7. The fourth-order valence-corrected chi connectivity index (χ4v) is 3.81. The van der Waals surface area contributed by atoms with E-state index in [1.54, 1.807) is 37.8 Å². The number of unbranched alkanes of at least 4 members (excludes halogenated alkanes) is 1. The maximum atomic E-state index is 14.3. The van der Waals surface area contributed by atoms with Crippen LogP contribution in [0.1, 0.15) is 99.6 Å². The second-order valence-corrected chi connectivity index (χ2v) is 11.0. The lowest BCUT2D eigenvalue weighted by Gasteiger charge is -2.45. The lowest BCUT2D eigenvalue weighted by molar-refractivity contribution is -0.150. The van der Waals surface area contributed by atoms with Crippen molar-refractivity contribution in [2.75, 3.05) is 6.54 Å². The predicted molar refractivity (Wildman–Crippen MR) is 143 cm³/mol. The van der Waals surface area contributed by atoms with Gasteiger partial charge in [-0.2, -0.15) is 0 Å². The SMILES string of the molecule is CCCCNC(=O)C(c1cccc(O)c1)N(C(=O)C(NC(=O)OC(C)(C)C)C(C)CC)C(C)(C)CC. The first-order valence-corrected chi connectivity index (χ1v) is 13.1. The molecule has 8 heteroatoms. The number of amides is 3. The van der Waals surface area contributed by atoms with E-state index in [1.165, 1.54) is 12.1 Å². The summed E-state index contributed by atoms with van der Waals surface area (Å²) in [7, 11) is 0. The Balaban J connectivity index is 3.62. The van der Waals surface area contributed by atoms with Crippen molar-refractivity contribution in [3.63, 3.8) is 0 Å². The van der Waals surface area contributed by atoms with Crippen molar-refractivity contribution in [2.24, 2.45) is 5.92 Å². The molecule has 0 radical (unpaired) electrons. The summed E-state index contributed by atoms with van der Waals surface area (Å²) in [6, 6.07) is 4.52. The van der Waals surface area contributed by atoms with Gasteiger partial charge in [-0.15, -0.1) is 0 Å². The van der Waals surface area contributed by atoms with Crippen LogP contribution in [0.5, 0.6) is 5.75 Å². The highest BCUT2D eigenvalue weighted by molar-refractivity contribution is 5.93. The zero-order valence-corrected chi connectivity index (χ0v) is 23.6. The molecule has 204 valence electrons. The molecule has 36 heavy (non-hydrogen) atoms. The summed E-state index contributed by atoms with van der Waals surface area (Å²) in [5.41, 5.74) is -0.964. The van der Waals surface area contributed by atoms with Crippen LogP contribution in [0.2, 0.25) is 0 Å². The molecule has 3 amide bonds. The molecule has 1 aromatic carbocycles. The van der Waals surface area contributed by atoms with Gasteiger partial charge in [-0.25, -0.2) is 4.79 Å². The van der Waals surface area contributed by atoms with Gasteiger partial charge in [0, 0.05) is 12.1 Å². The summed E-state index contributed by atoms with van der Waals surface area (Å²) in [4.78, 5) is 42.2. The van der Waals surface area contributed by atoms with Gasteiger partial charge in [-0.05, 0) is 71.1 Å². The molecule has 3 N–H and O–H groups in total. The van der Waals surface area contributed by atoms with Crippen molar-refractivity contribution in [3.05, 3.63) is 29.8 Å². The molecule has 0 saturated heterocycles. The van der Waals surface area contributed by atoms with E-state index in [9.17, 15) is 19.5 Å². The first kappa shape index (κ1) is 31.3. The molecule has 0 aliphatic carbocycles. The van der Waals surface area contributed by atoms with Gasteiger partial charge in [0.2, 0.25) is 11.8 Å². The van der Waals surface area contributed by atoms with Gasteiger partial charge in [0.25, 0.3) is 0 Å². The van der Waals surface area contributed by atoms with E-state index in [2.05, 4.69) is 10.6 Å². The molecule has 0 aliphatic rings. The zero-order chi connectivity index (χ0) is 27.7. The highest BCUT2D eigenvalue weighted by atomic mass is 16.6. The van der Waals surface area contributed by atoms with Gasteiger partial charge in [-0.1, -0.05) is 52.7 Å². The van der Waals surface area contributed by atoms with Gasteiger partial charge < -0.3 is 25.4 Å². The van der Waals surface area contributed by atoms with Crippen molar-refractivity contribution in [1.82, 2.24) is 15.5 Å². The average Bonchev–Trinajstić information content (AvgIpc) is 2.78. The molecule has 0 spiro atoms. The summed E-state index contributed by atoms with van der Waals surface area (Å²) < 4.78 is 5.45. The second kappa shape index (κ2) is 13.5. The van der Waals surface area contributed by atoms with Gasteiger partial charge in [0.1, 0.15) is 23.4 Å². The number of nitrogens with zero attached hydrogens (tertiary/aromatic N) is 1. The minimum absolute atomic E-state index is 0.00548. The molecule has 0 aliphatic heterocycles. The average molecular weight is 506 g/mol. The van der Waals surface area contributed by atoms with E-state index in [1.807, 2.05) is 41.5 Å². The summed E-state index contributed by atoms with van der Waals surface area (Å²) in [5, 5.41) is 15.9. The molecule has 0 saturated carbocycles. The topological polar surface area (TPSA) is 108 Å². The summed E-state index contributed by atoms with van der Waals surface area (Å²) >= 11 is 0. The highest BCUT2D eigenvalue weighted by Gasteiger charge is 2.44. The Hall–Kier alpha value is -2.77. The van der Waals surface area contributed by atoms with E-state index in [-0.39, 0.29) is 23.5 Å². The molecular weight excluding hydrogens is 458 g/mol. The smallest absolute Gasteiger partial charge is 0.408 e. The van der Waals surface area contributed by atoms with E-state index in [0.29, 0.717) is 24.9 Å². The van der Waals surface area contributed by atoms with Crippen molar-refractivity contribution in [1.29, 1.82) is 0 Å². The van der Waals surface area contributed by atoms with E-state index in [4.69, 9.17) is 4.74 Å². The molecular formula is C28H47N3O5. The lowest BCUT2D eigenvalue weighted by atomic mass is 9.89. The van der Waals surface area contributed by atoms with E-state index >= 15 is 0 Å². The molecule has 0 fully saturated rings. The number of hydrogen-bond acceptors (Lipinski definition) is 5. The van der Waals surface area contributed by atoms with Crippen molar-refractivity contribution >= 4 is 17.9 Å². The molecule has 8 nitrogen and oxygen atoms in total. The number of nitrogens with one attached hydrogen (secondary N) is 2. The first-order valence-electron chi connectivity index (χ1n) is 13.1. The van der Waals surface area contributed by atoms with Gasteiger partial charge in [-0.3, -0.25) is 9.59 Å². The van der Waals surface area contributed by atoms with Crippen LogP contribution in [0, 0.1) is 5.92 Å². The third-order valence-corrected chi connectivity index (χ3v) is 6.43. The molecule has 0 aromatic heterocycles. The molecule has 1 aromatic rings. The number of phenols is 1. The van der Waals surface area contributed by atoms with Crippen LogP contribution in [-0.2, 0) is 14.3 Å². The Bertz CT molecular complexity index is 878. The number of phenolic OH excluding ortho intramolecular Hbond substituents is 1. The third kappa shape index (κ3) is 9.03. The van der Waals surface area contributed by atoms with Crippen LogP contribution in [-0.4, -0.2) is 51.6 Å². The maximum Gasteiger partial charge on any atom is 0.408 e. The number of alkyl carbamates (subject to hydrolysis) is 1. The Morgan fingerprint density at radius 3 is 2.22 bits per heavy atom. The molecule has 0 bridgehead atoms. The van der Waals surface area contributed by atoms with Crippen LogP contribution in [0.15, 0.2) is 24.3 Å². The van der Waals surface area contributed by atoms with Crippen LogP contribution >= 0.6 is 0 Å². The summed E-state index contributed by atoms with van der Waals surface area (Å²) in [6.45, 7) is 17.4. The zero-order valence-electron chi connectivity index (χ0n) is 23.6. The largest absolute Gasteiger partial charge is 0.508 e. The monoisotopic (exact) mass is 505 g/mol. The van der Waals surface area contributed by atoms with Crippen molar-refractivity contribution in [2.45, 2.75) is 111 Å². The number of ether oxygens (including phenoxy) is 1. The Labute approximate surface area is 217 Å². The van der Waals surface area contributed by atoms with Gasteiger partial charge >= 0.3 is 6.09 Å². The number of carbonyl (C=O) groups excluding carboxylic acids is 3. The molecule has 1 rings (SSSR count). The van der Waals surface area contributed by atoms with Crippen LogP contribution in [0.25, 0.3) is 0 Å². The van der Waals surface area contributed by atoms with Crippen LogP contribution < -0.4 is 10.6 Å². The Morgan fingerprint density at radius 1 is 1.08 bits per heavy atom. The molecule has 0 heterocycles. The normalized spacial score (nSPS) is 14.4. The minimum Gasteiger partial charge on any atom is -0.508 e. The summed E-state index contributed by atoms with van der Waals surface area (Å²) in [5.74, 6) is -0.913. The highest BCUT2D eigenvalue weighted by Crippen LogP contribution is 2.34. The lowest BCUT2D eigenvalue weighted by Crippen LogP contribution is -2.60. The van der Waals surface area contributed by atoms with Crippen molar-refractivity contribution in [3.8, 4) is 5.75 Å². The fraction of sp³-hybridized carbons (Fsp3) is 0.679. The van der Waals surface area contributed by atoms with E-state index < -0.39 is 29.3 Å². The number of rotatable bonds is 12. The van der Waals surface area contributed by atoms with Crippen molar-refractivity contribution < 1.29 is 24.2 Å². The van der Waals surface area contributed by atoms with Gasteiger partial charge in [0.05, 0.1) is 0 Å². The maximum absolute atomic E-state index is 14.3. The Morgan fingerprint density at radius 2 is 1.72 bits per heavy atom. The number of benzene rings is 1. The van der Waals surface area contributed by atoms with Crippen LogP contribution in [0.3, 0.4) is 0 Å². The third-order valence-electron chi connectivity index (χ3n) is 6.43. The standard InChI is InChI=1S/C28H47N3O5/c1-10-13-17-29-24(33)23(20-15-14-16-21(32)18-20)31(28(8,9)12-3)25(34)22(19(4)11-2)30-26(35)36-27(5,6)7/h14-16,18-19,22-23,32H,10-13,17H2,1-9H3,(H,29,33)(H,30,35). The first-order chi connectivity index (χ1) is 16.7. The van der Waals surface area contributed by atoms with Crippen LogP contribution in [0.4, 0.5) is 4.79 Å². The number of carbonyl (C=O) groups is 3. The molecule has 3 atom stereocenters. The summed E-state index contributed by atoms with van der Waals surface area (Å²) in [6.07, 6.45) is 2.23. The number of aromatic hydroxyl groups is 1. The quantitative estimate of drug-likeness (QED) is 0.334. The minimum atomic E-state index is -0.997. The molecule has 3 unspecified atom stereocenters. The predicted octanol–water partition coefficient (Wildman–Crippen LogP) is 5.31. The fourth-order valence-electron chi connectivity index (χ4n) is 3.81. The number of hydrogen-bond donors (Lipinski definition) is 3.